The van der Waals surface area contributed by atoms with Crippen LogP contribution in [0.5, 0.6) is 0 Å². The van der Waals surface area contributed by atoms with Gasteiger partial charge in [-0.25, -0.2) is 13.8 Å². The van der Waals surface area contributed by atoms with Crippen LogP contribution in [0.3, 0.4) is 0 Å². The van der Waals surface area contributed by atoms with Gasteiger partial charge in [-0.1, -0.05) is 11.3 Å². The monoisotopic (exact) mass is 265 g/mol. The van der Waals surface area contributed by atoms with Crippen molar-refractivity contribution in [2.24, 2.45) is 0 Å². The van der Waals surface area contributed by atoms with Gasteiger partial charge in [0.25, 0.3) is 5.91 Å². The molecule has 2 aromatic rings. The molecule has 0 aliphatic carbocycles. The Morgan fingerprint density at radius 3 is 2.78 bits per heavy atom. The Labute approximate surface area is 105 Å². The summed E-state index contributed by atoms with van der Waals surface area (Å²) >= 11 is 0.991. The maximum Gasteiger partial charge on any atom is 0.257 e. The fourth-order valence-electron chi connectivity index (χ4n) is 1.19. The molecule has 90 valence electrons. The summed E-state index contributed by atoms with van der Waals surface area (Å²) < 4.78 is 25.6. The molecule has 0 fully saturated rings. The summed E-state index contributed by atoms with van der Waals surface area (Å²) in [5, 5.41) is 11.2. The fraction of sp³-hybridized carbons (Fsp3) is 0. The number of thiazole rings is 1. The molecule has 1 amide bonds. The predicted octanol–water partition coefficient (Wildman–Crippen LogP) is 2.55. The van der Waals surface area contributed by atoms with Crippen LogP contribution in [0.1, 0.15) is 15.2 Å². The zero-order valence-electron chi connectivity index (χ0n) is 8.78. The van der Waals surface area contributed by atoms with Crippen LogP contribution in [0.2, 0.25) is 0 Å². The minimum absolute atomic E-state index is 0.0254. The van der Waals surface area contributed by atoms with Gasteiger partial charge in [0.1, 0.15) is 10.9 Å². The predicted molar refractivity (Wildman–Crippen MR) is 61.1 cm³/mol. The molecule has 1 N–H and O–H groups in total. The van der Waals surface area contributed by atoms with E-state index in [2.05, 4.69) is 10.3 Å². The number of benzene rings is 1. The first-order valence-corrected chi connectivity index (χ1v) is 5.54. The highest BCUT2D eigenvalue weighted by Gasteiger charge is 2.11. The van der Waals surface area contributed by atoms with Crippen LogP contribution in [0.15, 0.2) is 24.4 Å². The third-order valence-corrected chi connectivity index (χ3v) is 2.84. The summed E-state index contributed by atoms with van der Waals surface area (Å²) in [5.74, 6) is -2.74. The Morgan fingerprint density at radius 2 is 2.17 bits per heavy atom. The van der Waals surface area contributed by atoms with Gasteiger partial charge < -0.3 is 0 Å². The lowest BCUT2D eigenvalue weighted by molar-refractivity contribution is 0.102. The van der Waals surface area contributed by atoms with Crippen LogP contribution in [-0.4, -0.2) is 10.9 Å². The second kappa shape index (κ2) is 4.89. The molecule has 0 atom stereocenters. The average molecular weight is 265 g/mol. The Morgan fingerprint density at radius 1 is 1.39 bits per heavy atom. The number of nitriles is 1. The van der Waals surface area contributed by atoms with Crippen molar-refractivity contribution in [3.63, 3.8) is 0 Å². The SMILES string of the molecule is N#Cc1cnc(NC(=O)c2ccc(F)c(F)c2)s1. The molecule has 2 rings (SSSR count). The Hall–Kier alpha value is -2.33. The first kappa shape index (κ1) is 12.1. The molecule has 0 spiro atoms. The maximum atomic E-state index is 12.9. The van der Waals surface area contributed by atoms with Crippen LogP contribution in [0, 0.1) is 23.0 Å². The molecular formula is C11H5F2N3OS. The van der Waals surface area contributed by atoms with Crippen molar-refractivity contribution in [3.8, 4) is 6.07 Å². The van der Waals surface area contributed by atoms with Crippen LogP contribution in [-0.2, 0) is 0 Å². The van der Waals surface area contributed by atoms with Crippen molar-refractivity contribution >= 4 is 22.4 Å². The van der Waals surface area contributed by atoms with E-state index in [4.69, 9.17) is 5.26 Å². The van der Waals surface area contributed by atoms with Crippen LogP contribution >= 0.6 is 11.3 Å². The Bertz CT molecular complexity index is 648. The van der Waals surface area contributed by atoms with E-state index in [0.717, 1.165) is 29.5 Å². The third kappa shape index (κ3) is 2.49. The molecule has 0 saturated carbocycles. The van der Waals surface area contributed by atoms with Gasteiger partial charge in [-0.2, -0.15) is 5.26 Å². The van der Waals surface area contributed by atoms with Gasteiger partial charge in [-0.3, -0.25) is 10.1 Å². The zero-order valence-corrected chi connectivity index (χ0v) is 9.59. The number of carbonyl (C=O) groups excluding carboxylic acids is 1. The van der Waals surface area contributed by atoms with Gasteiger partial charge in [0.2, 0.25) is 0 Å². The molecule has 1 heterocycles. The summed E-state index contributed by atoms with van der Waals surface area (Å²) in [6.45, 7) is 0. The van der Waals surface area contributed by atoms with E-state index in [1.54, 1.807) is 0 Å². The molecule has 1 aromatic heterocycles. The van der Waals surface area contributed by atoms with E-state index in [9.17, 15) is 13.6 Å². The number of anilines is 1. The first-order chi connectivity index (χ1) is 8.60. The lowest BCUT2D eigenvalue weighted by Crippen LogP contribution is -2.12. The van der Waals surface area contributed by atoms with Gasteiger partial charge in [0, 0.05) is 5.56 Å². The van der Waals surface area contributed by atoms with E-state index in [-0.39, 0.29) is 10.7 Å². The third-order valence-electron chi connectivity index (χ3n) is 2.02. The van der Waals surface area contributed by atoms with Crippen molar-refractivity contribution in [2.75, 3.05) is 5.32 Å². The van der Waals surface area contributed by atoms with Crippen LogP contribution < -0.4 is 5.32 Å². The molecule has 18 heavy (non-hydrogen) atoms. The minimum Gasteiger partial charge on any atom is -0.298 e. The van der Waals surface area contributed by atoms with Crippen molar-refractivity contribution < 1.29 is 13.6 Å². The standard InChI is InChI=1S/C11H5F2N3OS/c12-8-2-1-6(3-9(8)13)10(17)16-11-15-5-7(4-14)18-11/h1-3,5H,(H,15,16,17). The number of carbonyl (C=O) groups is 1. The molecule has 1 aromatic carbocycles. The molecular weight excluding hydrogens is 260 g/mol. The number of hydrogen-bond acceptors (Lipinski definition) is 4. The average Bonchev–Trinajstić information content (AvgIpc) is 2.80. The van der Waals surface area contributed by atoms with Gasteiger partial charge in [0.05, 0.1) is 6.20 Å². The number of hydrogen-bond donors (Lipinski definition) is 1. The summed E-state index contributed by atoms with van der Waals surface area (Å²) in [6, 6.07) is 4.69. The number of nitrogens with zero attached hydrogens (tertiary/aromatic N) is 2. The van der Waals surface area contributed by atoms with Gasteiger partial charge in [-0.15, -0.1) is 0 Å². The second-order valence-corrected chi connectivity index (χ2v) is 4.26. The lowest BCUT2D eigenvalue weighted by Gasteiger charge is -2.01. The van der Waals surface area contributed by atoms with E-state index in [1.807, 2.05) is 6.07 Å². The smallest absolute Gasteiger partial charge is 0.257 e. The van der Waals surface area contributed by atoms with Crippen LogP contribution in [0.4, 0.5) is 13.9 Å². The van der Waals surface area contributed by atoms with Crippen LogP contribution in [0.25, 0.3) is 0 Å². The Kier molecular flexibility index (Phi) is 3.30. The quantitative estimate of drug-likeness (QED) is 0.907. The molecule has 0 radical (unpaired) electrons. The van der Waals surface area contributed by atoms with E-state index in [1.165, 1.54) is 6.20 Å². The molecule has 0 saturated heterocycles. The molecule has 0 unspecified atom stereocenters. The number of aromatic nitrogens is 1. The van der Waals surface area contributed by atoms with Gasteiger partial charge in [-0.05, 0) is 18.2 Å². The Balaban J connectivity index is 2.17. The van der Waals surface area contributed by atoms with Crippen molar-refractivity contribution in [1.82, 2.24) is 4.98 Å². The van der Waals surface area contributed by atoms with Gasteiger partial charge >= 0.3 is 0 Å². The van der Waals surface area contributed by atoms with E-state index >= 15 is 0 Å². The summed E-state index contributed by atoms with van der Waals surface area (Å²) in [5.41, 5.74) is -0.0254. The minimum atomic E-state index is -1.10. The highest BCUT2D eigenvalue weighted by atomic mass is 32.1. The number of amides is 1. The second-order valence-electron chi connectivity index (χ2n) is 3.22. The zero-order chi connectivity index (χ0) is 13.1. The van der Waals surface area contributed by atoms with E-state index in [0.29, 0.717) is 4.88 Å². The van der Waals surface area contributed by atoms with Crippen molar-refractivity contribution in [1.29, 1.82) is 5.26 Å². The molecule has 0 aliphatic heterocycles. The molecule has 0 aliphatic rings. The number of rotatable bonds is 2. The largest absolute Gasteiger partial charge is 0.298 e. The topological polar surface area (TPSA) is 65.8 Å². The van der Waals surface area contributed by atoms with Crippen molar-refractivity contribution in [2.45, 2.75) is 0 Å². The molecule has 0 bridgehead atoms. The number of halogens is 2. The first-order valence-electron chi connectivity index (χ1n) is 4.72. The normalized spacial score (nSPS) is 9.83. The maximum absolute atomic E-state index is 12.9. The summed E-state index contributed by atoms with van der Waals surface area (Å²) in [4.78, 5) is 15.8. The van der Waals surface area contributed by atoms with E-state index < -0.39 is 17.5 Å². The molecule has 4 nitrogen and oxygen atoms in total. The van der Waals surface area contributed by atoms with Gasteiger partial charge in [0.15, 0.2) is 16.8 Å². The lowest BCUT2D eigenvalue weighted by atomic mass is 10.2. The summed E-state index contributed by atoms with van der Waals surface area (Å²) in [6.07, 6.45) is 1.31. The number of nitrogens with one attached hydrogen (secondary N) is 1. The van der Waals surface area contributed by atoms with Crippen molar-refractivity contribution in [3.05, 3.63) is 46.5 Å². The highest BCUT2D eigenvalue weighted by Crippen LogP contribution is 2.18. The fourth-order valence-corrected chi connectivity index (χ4v) is 1.80. The molecule has 7 heteroatoms. The summed E-state index contributed by atoms with van der Waals surface area (Å²) in [7, 11) is 0. The highest BCUT2D eigenvalue weighted by molar-refractivity contribution is 7.16.